The van der Waals surface area contributed by atoms with Crippen molar-refractivity contribution in [2.75, 3.05) is 5.32 Å². The van der Waals surface area contributed by atoms with Gasteiger partial charge in [0.15, 0.2) is 0 Å². The number of halogens is 1. The number of anilines is 1. The fourth-order valence-electron chi connectivity index (χ4n) is 2.55. The highest BCUT2D eigenvalue weighted by Gasteiger charge is 2.39. The molecule has 2 aromatic carbocycles. The monoisotopic (exact) mass is 342 g/mol. The normalized spacial score (nSPS) is 18.8. The fourth-order valence-corrected chi connectivity index (χ4v) is 2.75. The molecule has 0 bridgehead atoms. The van der Waals surface area contributed by atoms with Crippen molar-refractivity contribution in [1.29, 1.82) is 0 Å². The molecule has 3 rings (SSSR count). The van der Waals surface area contributed by atoms with E-state index in [4.69, 9.17) is 11.6 Å². The summed E-state index contributed by atoms with van der Waals surface area (Å²) < 4.78 is 0. The Bertz CT molecular complexity index is 758. The van der Waals surface area contributed by atoms with Crippen molar-refractivity contribution in [1.82, 2.24) is 5.32 Å². The zero-order valence-electron chi connectivity index (χ0n) is 13.4. The predicted molar refractivity (Wildman–Crippen MR) is 95.0 cm³/mol. The molecule has 1 aliphatic rings. The van der Waals surface area contributed by atoms with Gasteiger partial charge in [0.05, 0.1) is 0 Å². The van der Waals surface area contributed by atoms with Gasteiger partial charge in [-0.25, -0.2) is 0 Å². The SMILES string of the molecule is CC1CC1C(=O)Nc1ccc(C(=O)NCc2ccccc2Cl)cc1. The van der Waals surface area contributed by atoms with E-state index < -0.39 is 0 Å². The van der Waals surface area contributed by atoms with E-state index in [9.17, 15) is 9.59 Å². The standard InChI is InChI=1S/C19H19ClN2O2/c1-12-10-16(12)19(24)22-15-8-6-13(7-9-15)18(23)21-11-14-4-2-3-5-17(14)20/h2-9,12,16H,10-11H2,1H3,(H,21,23)(H,22,24). The van der Waals surface area contributed by atoms with Crippen LogP contribution >= 0.6 is 11.6 Å². The zero-order chi connectivity index (χ0) is 17.1. The third-order valence-corrected chi connectivity index (χ3v) is 4.63. The first kappa shape index (κ1) is 16.5. The number of carbonyl (C=O) groups is 2. The first-order valence-electron chi connectivity index (χ1n) is 7.97. The minimum absolute atomic E-state index is 0.0541. The average molecular weight is 343 g/mol. The van der Waals surface area contributed by atoms with E-state index in [1.807, 2.05) is 18.2 Å². The van der Waals surface area contributed by atoms with Crippen LogP contribution in [-0.2, 0) is 11.3 Å². The Morgan fingerprint density at radius 2 is 1.79 bits per heavy atom. The topological polar surface area (TPSA) is 58.2 Å². The van der Waals surface area contributed by atoms with Crippen molar-refractivity contribution in [2.24, 2.45) is 11.8 Å². The molecule has 124 valence electrons. The van der Waals surface area contributed by atoms with Gasteiger partial charge in [-0.1, -0.05) is 36.7 Å². The molecule has 2 N–H and O–H groups in total. The second-order valence-electron chi connectivity index (χ2n) is 6.16. The summed E-state index contributed by atoms with van der Waals surface area (Å²) in [4.78, 5) is 24.1. The lowest BCUT2D eigenvalue weighted by Crippen LogP contribution is -2.23. The first-order chi connectivity index (χ1) is 11.5. The summed E-state index contributed by atoms with van der Waals surface area (Å²) in [6.45, 7) is 2.44. The van der Waals surface area contributed by atoms with Crippen LogP contribution in [-0.4, -0.2) is 11.8 Å². The fraction of sp³-hybridized carbons (Fsp3) is 0.263. The minimum atomic E-state index is -0.177. The molecule has 0 aromatic heterocycles. The number of benzene rings is 2. The maximum absolute atomic E-state index is 12.2. The van der Waals surface area contributed by atoms with Gasteiger partial charge in [-0.3, -0.25) is 9.59 Å². The first-order valence-corrected chi connectivity index (χ1v) is 8.35. The summed E-state index contributed by atoms with van der Waals surface area (Å²) in [5.74, 6) is 0.477. The van der Waals surface area contributed by atoms with Crippen molar-refractivity contribution in [2.45, 2.75) is 19.9 Å². The largest absolute Gasteiger partial charge is 0.348 e. The minimum Gasteiger partial charge on any atom is -0.348 e. The van der Waals surface area contributed by atoms with Crippen LogP contribution in [0.5, 0.6) is 0 Å². The quantitative estimate of drug-likeness (QED) is 0.866. The number of nitrogens with one attached hydrogen (secondary N) is 2. The third kappa shape index (κ3) is 3.95. The number of rotatable bonds is 5. The molecule has 0 radical (unpaired) electrons. The molecule has 4 nitrogen and oxygen atoms in total. The van der Waals surface area contributed by atoms with Gasteiger partial charge in [-0.05, 0) is 48.2 Å². The van der Waals surface area contributed by atoms with Gasteiger partial charge < -0.3 is 10.6 Å². The lowest BCUT2D eigenvalue weighted by Gasteiger charge is -2.08. The summed E-state index contributed by atoms with van der Waals surface area (Å²) >= 11 is 6.07. The van der Waals surface area contributed by atoms with Crippen LogP contribution in [0, 0.1) is 11.8 Å². The summed E-state index contributed by atoms with van der Waals surface area (Å²) in [6.07, 6.45) is 0.953. The van der Waals surface area contributed by atoms with Crippen molar-refractivity contribution in [3.05, 3.63) is 64.7 Å². The Hall–Kier alpha value is -2.33. The molecular weight excluding hydrogens is 324 g/mol. The van der Waals surface area contributed by atoms with Crippen molar-refractivity contribution in [3.8, 4) is 0 Å². The van der Waals surface area contributed by atoms with Gasteiger partial charge in [0, 0.05) is 28.7 Å². The highest BCUT2D eigenvalue weighted by atomic mass is 35.5. The molecule has 2 atom stereocenters. The van der Waals surface area contributed by atoms with Crippen LogP contribution in [0.4, 0.5) is 5.69 Å². The van der Waals surface area contributed by atoms with Crippen LogP contribution in [0.25, 0.3) is 0 Å². The average Bonchev–Trinajstić information content (AvgIpc) is 3.31. The van der Waals surface area contributed by atoms with E-state index in [1.165, 1.54) is 0 Å². The molecular formula is C19H19ClN2O2. The van der Waals surface area contributed by atoms with Crippen LogP contribution in [0.15, 0.2) is 48.5 Å². The van der Waals surface area contributed by atoms with E-state index >= 15 is 0 Å². The van der Waals surface area contributed by atoms with Gasteiger partial charge in [-0.2, -0.15) is 0 Å². The molecule has 2 unspecified atom stereocenters. The lowest BCUT2D eigenvalue weighted by atomic mass is 10.1. The number of hydrogen-bond donors (Lipinski definition) is 2. The van der Waals surface area contributed by atoms with Gasteiger partial charge >= 0.3 is 0 Å². The molecule has 1 aliphatic carbocycles. The van der Waals surface area contributed by atoms with E-state index in [-0.39, 0.29) is 17.7 Å². The van der Waals surface area contributed by atoms with Gasteiger partial charge in [0.2, 0.25) is 5.91 Å². The number of carbonyl (C=O) groups excluding carboxylic acids is 2. The van der Waals surface area contributed by atoms with Gasteiger partial charge in [-0.15, -0.1) is 0 Å². The second-order valence-corrected chi connectivity index (χ2v) is 6.57. The van der Waals surface area contributed by atoms with Crippen LogP contribution in [0.2, 0.25) is 5.02 Å². The molecule has 2 aromatic rings. The Kier molecular flexibility index (Phi) is 4.86. The smallest absolute Gasteiger partial charge is 0.251 e. The van der Waals surface area contributed by atoms with E-state index in [2.05, 4.69) is 17.6 Å². The van der Waals surface area contributed by atoms with E-state index in [1.54, 1.807) is 30.3 Å². The molecule has 24 heavy (non-hydrogen) atoms. The molecule has 1 saturated carbocycles. The molecule has 2 amide bonds. The maximum Gasteiger partial charge on any atom is 0.251 e. The van der Waals surface area contributed by atoms with Gasteiger partial charge in [0.25, 0.3) is 5.91 Å². The summed E-state index contributed by atoms with van der Waals surface area (Å²) in [5.41, 5.74) is 2.12. The third-order valence-electron chi connectivity index (χ3n) is 4.26. The van der Waals surface area contributed by atoms with E-state index in [0.29, 0.717) is 28.7 Å². The van der Waals surface area contributed by atoms with Crippen LogP contribution in [0.1, 0.15) is 29.3 Å². The number of amides is 2. The Morgan fingerprint density at radius 1 is 1.12 bits per heavy atom. The molecule has 0 aliphatic heterocycles. The Labute approximate surface area is 146 Å². The lowest BCUT2D eigenvalue weighted by molar-refractivity contribution is -0.117. The van der Waals surface area contributed by atoms with Crippen molar-refractivity contribution < 1.29 is 9.59 Å². The Morgan fingerprint density at radius 3 is 2.42 bits per heavy atom. The molecule has 0 heterocycles. The van der Waals surface area contributed by atoms with Crippen molar-refractivity contribution in [3.63, 3.8) is 0 Å². The van der Waals surface area contributed by atoms with Crippen LogP contribution in [0.3, 0.4) is 0 Å². The summed E-state index contributed by atoms with van der Waals surface area (Å²) in [6, 6.07) is 14.3. The molecule has 1 fully saturated rings. The zero-order valence-corrected chi connectivity index (χ0v) is 14.1. The molecule has 5 heteroatoms. The highest BCUT2D eigenvalue weighted by Crippen LogP contribution is 2.38. The summed E-state index contributed by atoms with van der Waals surface area (Å²) in [5, 5.41) is 6.35. The van der Waals surface area contributed by atoms with Crippen LogP contribution < -0.4 is 10.6 Å². The predicted octanol–water partition coefficient (Wildman–Crippen LogP) is 3.86. The Balaban J connectivity index is 1.55. The number of hydrogen-bond acceptors (Lipinski definition) is 2. The summed E-state index contributed by atoms with van der Waals surface area (Å²) in [7, 11) is 0. The van der Waals surface area contributed by atoms with Gasteiger partial charge in [0.1, 0.15) is 0 Å². The second kappa shape index (κ2) is 7.05. The highest BCUT2D eigenvalue weighted by molar-refractivity contribution is 6.31. The molecule has 0 spiro atoms. The van der Waals surface area contributed by atoms with E-state index in [0.717, 1.165) is 12.0 Å². The molecule has 0 saturated heterocycles. The van der Waals surface area contributed by atoms with Crippen molar-refractivity contribution >= 4 is 29.1 Å². The maximum atomic E-state index is 12.2.